The predicted molar refractivity (Wildman–Crippen MR) is 120 cm³/mol. The van der Waals surface area contributed by atoms with E-state index in [2.05, 4.69) is 23.3 Å². The van der Waals surface area contributed by atoms with Crippen molar-refractivity contribution in [3.8, 4) is 0 Å². The monoisotopic (exact) mass is 411 g/mol. The SMILES string of the molecule is C=CC(=O)OOC(=O)N(CC)CCCCCCCCCCCCCCCCCC. The van der Waals surface area contributed by atoms with Crippen molar-refractivity contribution in [3.63, 3.8) is 0 Å². The van der Waals surface area contributed by atoms with Crippen molar-refractivity contribution in [2.24, 2.45) is 0 Å². The maximum atomic E-state index is 11.8. The predicted octanol–water partition coefficient (Wildman–Crippen LogP) is 7.35. The first-order chi connectivity index (χ1) is 14.2. The Kier molecular flexibility index (Phi) is 20.1. The van der Waals surface area contributed by atoms with E-state index < -0.39 is 12.1 Å². The molecular formula is C24H45NO4. The van der Waals surface area contributed by atoms with Crippen LogP contribution < -0.4 is 0 Å². The lowest BCUT2D eigenvalue weighted by atomic mass is 10.0. The fourth-order valence-corrected chi connectivity index (χ4v) is 3.39. The summed E-state index contributed by atoms with van der Waals surface area (Å²) in [6.45, 7) is 8.55. The van der Waals surface area contributed by atoms with E-state index in [1.54, 1.807) is 4.90 Å². The van der Waals surface area contributed by atoms with Crippen LogP contribution in [0.4, 0.5) is 4.79 Å². The third-order valence-corrected chi connectivity index (χ3v) is 5.28. The average Bonchev–Trinajstić information content (AvgIpc) is 2.74. The van der Waals surface area contributed by atoms with Crippen LogP contribution in [0.15, 0.2) is 12.7 Å². The Hall–Kier alpha value is -1.52. The highest BCUT2D eigenvalue weighted by molar-refractivity contribution is 5.81. The highest BCUT2D eigenvalue weighted by Crippen LogP contribution is 2.14. The van der Waals surface area contributed by atoms with E-state index in [1.165, 1.54) is 89.9 Å². The van der Waals surface area contributed by atoms with Crippen LogP contribution in [-0.2, 0) is 14.6 Å². The summed E-state index contributed by atoms with van der Waals surface area (Å²) in [7, 11) is 0. The number of carbonyl (C=O) groups excluding carboxylic acids is 2. The highest BCUT2D eigenvalue weighted by atomic mass is 17.2. The zero-order valence-electron chi connectivity index (χ0n) is 19.1. The first-order valence-electron chi connectivity index (χ1n) is 12.0. The summed E-state index contributed by atoms with van der Waals surface area (Å²) in [4.78, 5) is 33.0. The van der Waals surface area contributed by atoms with Gasteiger partial charge in [-0.25, -0.2) is 19.4 Å². The van der Waals surface area contributed by atoms with Gasteiger partial charge in [-0.2, -0.15) is 0 Å². The molecule has 0 bridgehead atoms. The Morgan fingerprint density at radius 3 is 1.48 bits per heavy atom. The maximum absolute atomic E-state index is 11.8. The molecule has 0 saturated heterocycles. The molecule has 0 aromatic heterocycles. The first-order valence-corrected chi connectivity index (χ1v) is 12.0. The minimum atomic E-state index is -0.767. The summed E-state index contributed by atoms with van der Waals surface area (Å²) in [6, 6.07) is 0. The summed E-state index contributed by atoms with van der Waals surface area (Å²) in [5.74, 6) is -0.767. The smallest absolute Gasteiger partial charge is 0.305 e. The van der Waals surface area contributed by atoms with Crippen molar-refractivity contribution in [2.45, 2.75) is 117 Å². The van der Waals surface area contributed by atoms with Crippen LogP contribution in [0.1, 0.15) is 117 Å². The number of rotatable bonds is 19. The second-order valence-corrected chi connectivity index (χ2v) is 7.84. The third-order valence-electron chi connectivity index (χ3n) is 5.28. The number of carbonyl (C=O) groups is 2. The lowest BCUT2D eigenvalue weighted by Crippen LogP contribution is -2.32. The Bertz CT molecular complexity index is 412. The molecule has 1 amide bonds. The van der Waals surface area contributed by atoms with Gasteiger partial charge in [0.1, 0.15) is 0 Å². The van der Waals surface area contributed by atoms with Gasteiger partial charge in [0.15, 0.2) is 0 Å². The molecule has 0 N–H and O–H groups in total. The van der Waals surface area contributed by atoms with Crippen LogP contribution in [0, 0.1) is 0 Å². The van der Waals surface area contributed by atoms with Crippen LogP contribution in [-0.4, -0.2) is 30.1 Å². The van der Waals surface area contributed by atoms with E-state index in [4.69, 9.17) is 0 Å². The number of amides is 1. The molecule has 0 spiro atoms. The maximum Gasteiger partial charge on any atom is 0.453 e. The van der Waals surface area contributed by atoms with Gasteiger partial charge in [0.2, 0.25) is 0 Å². The van der Waals surface area contributed by atoms with Crippen LogP contribution in [0.25, 0.3) is 0 Å². The highest BCUT2D eigenvalue weighted by Gasteiger charge is 2.15. The van der Waals surface area contributed by atoms with Gasteiger partial charge in [0.25, 0.3) is 0 Å². The topological polar surface area (TPSA) is 55.8 Å². The van der Waals surface area contributed by atoms with Crippen LogP contribution >= 0.6 is 0 Å². The lowest BCUT2D eigenvalue weighted by Gasteiger charge is -2.18. The van der Waals surface area contributed by atoms with Crippen molar-refractivity contribution in [1.29, 1.82) is 0 Å². The first kappa shape index (κ1) is 27.5. The van der Waals surface area contributed by atoms with Crippen molar-refractivity contribution < 1.29 is 19.4 Å². The Labute approximate surface area is 179 Å². The quantitative estimate of drug-likeness (QED) is 0.0964. The molecule has 5 nitrogen and oxygen atoms in total. The molecule has 0 radical (unpaired) electrons. The minimum absolute atomic E-state index is 0.531. The molecular weight excluding hydrogens is 366 g/mol. The molecule has 0 unspecified atom stereocenters. The van der Waals surface area contributed by atoms with Gasteiger partial charge < -0.3 is 4.90 Å². The Morgan fingerprint density at radius 2 is 1.10 bits per heavy atom. The van der Waals surface area contributed by atoms with Gasteiger partial charge in [-0.1, -0.05) is 110 Å². The molecule has 0 saturated carbocycles. The van der Waals surface area contributed by atoms with Crippen molar-refractivity contribution in [2.75, 3.05) is 13.1 Å². The number of hydrogen-bond acceptors (Lipinski definition) is 4. The van der Waals surface area contributed by atoms with Crippen LogP contribution in [0.5, 0.6) is 0 Å². The summed E-state index contributed by atoms with van der Waals surface area (Å²) in [6.07, 6.45) is 21.5. The molecule has 0 aliphatic rings. The molecule has 0 heterocycles. The molecule has 29 heavy (non-hydrogen) atoms. The largest absolute Gasteiger partial charge is 0.453 e. The normalized spacial score (nSPS) is 10.6. The summed E-state index contributed by atoms with van der Waals surface area (Å²) < 4.78 is 0. The summed E-state index contributed by atoms with van der Waals surface area (Å²) >= 11 is 0. The van der Waals surface area contributed by atoms with E-state index in [-0.39, 0.29) is 0 Å². The van der Waals surface area contributed by atoms with Crippen molar-refractivity contribution >= 4 is 12.1 Å². The van der Waals surface area contributed by atoms with E-state index >= 15 is 0 Å². The summed E-state index contributed by atoms with van der Waals surface area (Å²) in [5.41, 5.74) is 0. The zero-order chi connectivity index (χ0) is 21.6. The zero-order valence-corrected chi connectivity index (χ0v) is 19.1. The molecule has 170 valence electrons. The van der Waals surface area contributed by atoms with Crippen molar-refractivity contribution in [1.82, 2.24) is 4.90 Å². The Morgan fingerprint density at radius 1 is 0.690 bits per heavy atom. The average molecular weight is 412 g/mol. The van der Waals surface area contributed by atoms with Gasteiger partial charge >= 0.3 is 12.1 Å². The van der Waals surface area contributed by atoms with E-state index in [0.717, 1.165) is 18.9 Å². The van der Waals surface area contributed by atoms with Crippen molar-refractivity contribution in [3.05, 3.63) is 12.7 Å². The van der Waals surface area contributed by atoms with Gasteiger partial charge in [-0.15, -0.1) is 0 Å². The minimum Gasteiger partial charge on any atom is -0.305 e. The van der Waals surface area contributed by atoms with Crippen LogP contribution in [0.3, 0.4) is 0 Å². The molecule has 0 rings (SSSR count). The molecule has 0 fully saturated rings. The molecule has 0 aromatic rings. The fourth-order valence-electron chi connectivity index (χ4n) is 3.39. The molecule has 0 aromatic carbocycles. The van der Waals surface area contributed by atoms with E-state index in [1.807, 2.05) is 6.92 Å². The van der Waals surface area contributed by atoms with Gasteiger partial charge in [-0.05, 0) is 13.3 Å². The van der Waals surface area contributed by atoms with Gasteiger partial charge in [0, 0.05) is 19.2 Å². The van der Waals surface area contributed by atoms with Crippen LogP contribution in [0.2, 0.25) is 0 Å². The second kappa shape index (κ2) is 21.2. The molecule has 0 atom stereocenters. The Balaban J connectivity index is 3.39. The fraction of sp³-hybridized carbons (Fsp3) is 0.833. The number of unbranched alkanes of at least 4 members (excludes halogenated alkanes) is 15. The van der Waals surface area contributed by atoms with Gasteiger partial charge in [0.05, 0.1) is 0 Å². The number of nitrogens with zero attached hydrogens (tertiary/aromatic N) is 1. The van der Waals surface area contributed by atoms with Gasteiger partial charge in [-0.3, -0.25) is 0 Å². The van der Waals surface area contributed by atoms with E-state index in [9.17, 15) is 9.59 Å². The lowest BCUT2D eigenvalue weighted by molar-refractivity contribution is -0.231. The third kappa shape index (κ3) is 18.3. The molecule has 0 aliphatic carbocycles. The summed E-state index contributed by atoms with van der Waals surface area (Å²) in [5, 5.41) is 0. The standard InChI is InChI=1S/C24H45NO4/c1-4-7-8-9-10-11-12-13-14-15-16-17-18-19-20-21-22-25(6-3)24(27)29-28-23(26)5-2/h5H,2,4,6-22H2,1,3H3. The number of hydrogen-bond donors (Lipinski definition) is 0. The van der Waals surface area contributed by atoms with E-state index in [0.29, 0.717) is 13.1 Å². The second-order valence-electron chi connectivity index (χ2n) is 7.84. The molecule has 0 aliphatic heterocycles. The molecule has 5 heteroatoms.